The Hall–Kier alpha value is -2.38. The fourth-order valence-electron chi connectivity index (χ4n) is 1.98. The van der Waals surface area contributed by atoms with Gasteiger partial charge in [-0.3, -0.25) is 14.6 Å². The molecule has 0 radical (unpaired) electrons. The topological polar surface area (TPSA) is 105 Å². The molecule has 0 bridgehead atoms. The Morgan fingerprint density at radius 2 is 2.13 bits per heavy atom. The van der Waals surface area contributed by atoms with Crippen LogP contribution in [0, 0.1) is 0 Å². The molecule has 1 aromatic heterocycles. The fourth-order valence-corrected chi connectivity index (χ4v) is 3.16. The minimum absolute atomic E-state index is 0.0181. The van der Waals surface area contributed by atoms with Crippen molar-refractivity contribution in [2.45, 2.75) is 16.6 Å². The van der Waals surface area contributed by atoms with E-state index in [1.807, 2.05) is 12.1 Å². The number of anilines is 1. The lowest BCUT2D eigenvalue weighted by Crippen LogP contribution is -2.21. The average molecular weight is 331 g/mol. The van der Waals surface area contributed by atoms with Crippen molar-refractivity contribution in [1.82, 2.24) is 4.98 Å². The molecule has 0 aliphatic heterocycles. The van der Waals surface area contributed by atoms with Crippen LogP contribution in [0.25, 0.3) is 0 Å². The largest absolute Gasteiger partial charge is 0.481 e. The molecule has 2 aromatic rings. The molecule has 0 saturated carbocycles. The lowest BCUT2D eigenvalue weighted by Gasteiger charge is -2.15. The maximum Gasteiger partial charge on any atom is 0.304 e. The quantitative estimate of drug-likeness (QED) is 0.672. The lowest BCUT2D eigenvalue weighted by molar-refractivity contribution is -0.137. The van der Waals surface area contributed by atoms with Crippen LogP contribution in [0.1, 0.15) is 17.2 Å². The third-order valence-corrected chi connectivity index (χ3v) is 4.25. The predicted molar refractivity (Wildman–Crippen MR) is 89.2 cm³/mol. The first-order chi connectivity index (χ1) is 11.1. The number of aromatic nitrogens is 1. The zero-order valence-electron chi connectivity index (χ0n) is 12.3. The van der Waals surface area contributed by atoms with Crippen LogP contribution >= 0.6 is 11.8 Å². The van der Waals surface area contributed by atoms with E-state index in [2.05, 4.69) is 10.3 Å². The van der Waals surface area contributed by atoms with Crippen molar-refractivity contribution in [3.63, 3.8) is 0 Å². The van der Waals surface area contributed by atoms with Gasteiger partial charge < -0.3 is 16.2 Å². The first kappa shape index (κ1) is 17.0. The minimum Gasteiger partial charge on any atom is -0.481 e. The maximum atomic E-state index is 11.4. The van der Waals surface area contributed by atoms with Crippen LogP contribution < -0.4 is 11.1 Å². The summed E-state index contributed by atoms with van der Waals surface area (Å²) in [6.07, 6.45) is 3.30. The second kappa shape index (κ2) is 8.30. The molecule has 1 unspecified atom stereocenters. The molecule has 1 atom stereocenters. The number of hydrogen-bond donors (Lipinski definition) is 3. The molecule has 0 saturated heterocycles. The number of hydrogen-bond acceptors (Lipinski definition) is 5. The van der Waals surface area contributed by atoms with Crippen molar-refractivity contribution < 1.29 is 14.7 Å². The molecule has 6 nitrogen and oxygen atoms in total. The number of carbonyl (C=O) groups excluding carboxylic acids is 1. The van der Waals surface area contributed by atoms with Crippen LogP contribution in [0.3, 0.4) is 0 Å². The van der Waals surface area contributed by atoms with E-state index in [9.17, 15) is 9.59 Å². The molecule has 0 fully saturated rings. The summed E-state index contributed by atoms with van der Waals surface area (Å²) in [7, 11) is 0. The molecule has 4 N–H and O–H groups in total. The fraction of sp³-hybridized carbons (Fsp3) is 0.188. The van der Waals surface area contributed by atoms with Gasteiger partial charge in [-0.05, 0) is 29.8 Å². The minimum atomic E-state index is -0.876. The normalized spacial score (nSPS) is 11.7. The van der Waals surface area contributed by atoms with Crippen molar-refractivity contribution in [1.29, 1.82) is 0 Å². The average Bonchev–Trinajstić information content (AvgIpc) is 2.55. The lowest BCUT2D eigenvalue weighted by atomic mass is 10.1. The third kappa shape index (κ3) is 5.39. The summed E-state index contributed by atoms with van der Waals surface area (Å²) in [5.74, 6) is -1.15. The first-order valence-electron chi connectivity index (χ1n) is 6.97. The van der Waals surface area contributed by atoms with Gasteiger partial charge in [-0.1, -0.05) is 12.1 Å². The second-order valence-corrected chi connectivity index (χ2v) is 6.05. The van der Waals surface area contributed by atoms with Gasteiger partial charge in [-0.15, -0.1) is 11.8 Å². The smallest absolute Gasteiger partial charge is 0.304 e. The number of rotatable bonds is 7. The van der Waals surface area contributed by atoms with Gasteiger partial charge in [0, 0.05) is 28.2 Å². The first-order valence-corrected chi connectivity index (χ1v) is 7.85. The van der Waals surface area contributed by atoms with Gasteiger partial charge in [0.2, 0.25) is 5.91 Å². The molecular formula is C16H17N3O3S. The number of carbonyl (C=O) groups is 2. The summed E-state index contributed by atoms with van der Waals surface area (Å²) in [5, 5.41) is 11.5. The molecule has 2 rings (SSSR count). The van der Waals surface area contributed by atoms with Crippen molar-refractivity contribution in [3.05, 3.63) is 54.4 Å². The number of nitrogens with one attached hydrogen (secondary N) is 1. The standard InChI is InChI=1S/C16H17N3O3S/c17-9-15(20)19-12-4-1-5-13(7-12)23-14(8-16(21)22)11-3-2-6-18-10-11/h1-7,10,14H,8-9,17H2,(H,19,20)(H,21,22). The number of amides is 1. The van der Waals surface area contributed by atoms with E-state index in [1.54, 1.807) is 36.7 Å². The number of nitrogens with zero attached hydrogens (tertiary/aromatic N) is 1. The summed E-state index contributed by atoms with van der Waals surface area (Å²) in [6, 6.07) is 10.9. The van der Waals surface area contributed by atoms with Gasteiger partial charge in [0.1, 0.15) is 0 Å². The Morgan fingerprint density at radius 1 is 1.30 bits per heavy atom. The van der Waals surface area contributed by atoms with Crippen LogP contribution in [-0.2, 0) is 9.59 Å². The van der Waals surface area contributed by atoms with Gasteiger partial charge in [-0.2, -0.15) is 0 Å². The van der Waals surface area contributed by atoms with Crippen LogP contribution in [0.15, 0.2) is 53.7 Å². The number of carboxylic acid groups (broad SMARTS) is 1. The highest BCUT2D eigenvalue weighted by atomic mass is 32.2. The molecule has 1 amide bonds. The van der Waals surface area contributed by atoms with Crippen molar-refractivity contribution in [2.24, 2.45) is 5.73 Å². The van der Waals surface area contributed by atoms with E-state index < -0.39 is 5.97 Å². The van der Waals surface area contributed by atoms with Gasteiger partial charge in [0.15, 0.2) is 0 Å². The number of pyridine rings is 1. The summed E-state index contributed by atoms with van der Waals surface area (Å²) in [5.41, 5.74) is 6.75. The Balaban J connectivity index is 2.17. The van der Waals surface area contributed by atoms with E-state index in [0.717, 1.165) is 10.5 Å². The van der Waals surface area contributed by atoms with Gasteiger partial charge in [0.05, 0.1) is 13.0 Å². The van der Waals surface area contributed by atoms with Gasteiger partial charge in [-0.25, -0.2) is 0 Å². The van der Waals surface area contributed by atoms with Crippen molar-refractivity contribution in [2.75, 3.05) is 11.9 Å². The summed E-state index contributed by atoms with van der Waals surface area (Å²) < 4.78 is 0. The van der Waals surface area contributed by atoms with Crippen LogP contribution in [0.4, 0.5) is 5.69 Å². The Kier molecular flexibility index (Phi) is 6.13. The SMILES string of the molecule is NCC(=O)Nc1cccc(SC(CC(=O)O)c2cccnc2)c1. The van der Waals surface area contributed by atoms with E-state index in [4.69, 9.17) is 10.8 Å². The summed E-state index contributed by atoms with van der Waals surface area (Å²) in [4.78, 5) is 27.4. The molecule has 23 heavy (non-hydrogen) atoms. The summed E-state index contributed by atoms with van der Waals surface area (Å²) >= 11 is 1.42. The molecule has 0 aliphatic carbocycles. The third-order valence-electron chi connectivity index (χ3n) is 3.00. The molecule has 120 valence electrons. The molecule has 1 aromatic carbocycles. The molecular weight excluding hydrogens is 314 g/mol. The van der Waals surface area contributed by atoms with Gasteiger partial charge in [0.25, 0.3) is 0 Å². The van der Waals surface area contributed by atoms with Crippen LogP contribution in [0.2, 0.25) is 0 Å². The molecule has 0 spiro atoms. The Labute approximate surface area is 138 Å². The summed E-state index contributed by atoms with van der Waals surface area (Å²) in [6.45, 7) is -0.0886. The molecule has 0 aliphatic rings. The zero-order valence-corrected chi connectivity index (χ0v) is 13.1. The maximum absolute atomic E-state index is 11.4. The van der Waals surface area contributed by atoms with Crippen LogP contribution in [-0.4, -0.2) is 28.5 Å². The number of carboxylic acids is 1. The number of nitrogens with two attached hydrogens (primary N) is 1. The monoisotopic (exact) mass is 331 g/mol. The van der Waals surface area contributed by atoms with Crippen molar-refractivity contribution in [3.8, 4) is 0 Å². The van der Waals surface area contributed by atoms with E-state index in [1.165, 1.54) is 11.8 Å². The number of benzene rings is 1. The molecule has 1 heterocycles. The van der Waals surface area contributed by atoms with E-state index in [-0.39, 0.29) is 24.1 Å². The van der Waals surface area contributed by atoms with Crippen molar-refractivity contribution >= 4 is 29.3 Å². The van der Waals surface area contributed by atoms with Gasteiger partial charge >= 0.3 is 5.97 Å². The number of aliphatic carboxylic acids is 1. The highest BCUT2D eigenvalue weighted by Gasteiger charge is 2.17. The zero-order chi connectivity index (χ0) is 16.7. The number of thioether (sulfide) groups is 1. The Bertz CT molecular complexity index is 679. The highest BCUT2D eigenvalue weighted by molar-refractivity contribution is 7.99. The highest BCUT2D eigenvalue weighted by Crippen LogP contribution is 2.38. The Morgan fingerprint density at radius 3 is 2.78 bits per heavy atom. The molecule has 7 heteroatoms. The van der Waals surface area contributed by atoms with E-state index in [0.29, 0.717) is 5.69 Å². The van der Waals surface area contributed by atoms with E-state index >= 15 is 0 Å². The second-order valence-electron chi connectivity index (χ2n) is 4.77. The van der Waals surface area contributed by atoms with Crippen LogP contribution in [0.5, 0.6) is 0 Å². The predicted octanol–water partition coefficient (Wildman–Crippen LogP) is 2.29.